The van der Waals surface area contributed by atoms with Crippen molar-refractivity contribution in [3.63, 3.8) is 0 Å². The van der Waals surface area contributed by atoms with Crippen molar-refractivity contribution in [2.45, 2.75) is 128 Å². The summed E-state index contributed by atoms with van der Waals surface area (Å²) in [4.78, 5) is 0. The van der Waals surface area contributed by atoms with Crippen LogP contribution in [0.3, 0.4) is 0 Å². The van der Waals surface area contributed by atoms with Gasteiger partial charge in [0.2, 0.25) is 0 Å². The van der Waals surface area contributed by atoms with E-state index in [0.717, 1.165) is 12.8 Å². The van der Waals surface area contributed by atoms with Crippen LogP contribution in [0.4, 0.5) is 0 Å². The Morgan fingerprint density at radius 2 is 1.06 bits per heavy atom. The second-order valence-corrected chi connectivity index (χ2v) is 25.4. The summed E-state index contributed by atoms with van der Waals surface area (Å²) in [6.07, 6.45) is 12.4. The van der Waals surface area contributed by atoms with Crippen molar-refractivity contribution in [2.75, 3.05) is 0 Å². The zero-order valence-electron chi connectivity index (χ0n) is 33.3. The van der Waals surface area contributed by atoms with Gasteiger partial charge in [-0.05, 0) is 109 Å². The number of hydrogen-bond donors (Lipinski definition) is 0. The molecule has 2 unspecified atom stereocenters. The van der Waals surface area contributed by atoms with Gasteiger partial charge in [-0.1, -0.05) is 183 Å². The molecule has 0 aromatic heterocycles. The number of fused-ring (bicyclic) bond motifs is 5. The summed E-state index contributed by atoms with van der Waals surface area (Å²) >= 11 is 0. The van der Waals surface area contributed by atoms with Crippen molar-refractivity contribution < 1.29 is 0 Å². The second-order valence-electron chi connectivity index (χ2n) is 20.3. The minimum atomic E-state index is -1.51. The molecule has 0 fully saturated rings. The second kappa shape index (κ2) is 11.3. The molecule has 0 amide bonds. The van der Waals surface area contributed by atoms with Gasteiger partial charge in [0.25, 0.3) is 0 Å². The first kappa shape index (κ1) is 34.7. The molecular formula is C50H60Si. The lowest BCUT2D eigenvalue weighted by Crippen LogP contribution is -2.55. The molecule has 0 N–H and O–H groups in total. The van der Waals surface area contributed by atoms with Gasteiger partial charge in [0.05, 0.1) is 8.07 Å². The first-order valence-electron chi connectivity index (χ1n) is 19.8. The molecule has 264 valence electrons. The highest BCUT2D eigenvalue weighted by Crippen LogP contribution is 2.62. The maximum Gasteiger partial charge on any atom is 0.0771 e. The Balaban J connectivity index is 1.34. The molecule has 4 aliphatic carbocycles. The summed E-state index contributed by atoms with van der Waals surface area (Å²) in [6.45, 7) is 27.6. The van der Waals surface area contributed by atoms with Crippen LogP contribution in [0.2, 0.25) is 19.6 Å². The molecule has 0 heterocycles. The molecule has 0 aliphatic heterocycles. The van der Waals surface area contributed by atoms with Gasteiger partial charge in [0, 0.05) is 11.3 Å². The van der Waals surface area contributed by atoms with Crippen molar-refractivity contribution in [3.05, 3.63) is 153 Å². The van der Waals surface area contributed by atoms with Crippen molar-refractivity contribution in [1.82, 2.24) is 0 Å². The van der Waals surface area contributed by atoms with E-state index in [0.29, 0.717) is 5.92 Å². The molecule has 0 bridgehead atoms. The van der Waals surface area contributed by atoms with E-state index < -0.39 is 8.07 Å². The lowest BCUT2D eigenvalue weighted by Gasteiger charge is -2.58. The van der Waals surface area contributed by atoms with Crippen molar-refractivity contribution in [1.29, 1.82) is 0 Å². The number of hydrogen-bond acceptors (Lipinski definition) is 0. The average molecular weight is 689 g/mol. The lowest BCUT2D eigenvalue weighted by molar-refractivity contribution is 0.119. The standard InChI is InChI=1S/C50H60Si/c1-46(2)24-25-47(3,4)42-30-39-33(27-41(42)46)26-34-28-44-43(31-40(34)39)48(5,6)32-45(49(44,7)8)50(35-18-14-12-15-19-35,36-20-16-13-17-21-36)37-22-23-38(29-37)51(9,10)11/h12-23,27-31,37,45H,24-26,32H2,1-11H3. The highest BCUT2D eigenvalue weighted by molar-refractivity contribution is 6.83. The molecule has 0 radical (unpaired) electrons. The fourth-order valence-corrected chi connectivity index (χ4v) is 12.4. The highest BCUT2D eigenvalue weighted by Gasteiger charge is 2.57. The van der Waals surface area contributed by atoms with Crippen LogP contribution < -0.4 is 0 Å². The molecule has 4 aromatic carbocycles. The summed E-state index contributed by atoms with van der Waals surface area (Å²) in [5, 5.41) is 1.58. The first-order chi connectivity index (χ1) is 23.9. The summed E-state index contributed by atoms with van der Waals surface area (Å²) < 4.78 is 0. The van der Waals surface area contributed by atoms with Gasteiger partial charge in [-0.15, -0.1) is 0 Å². The summed E-state index contributed by atoms with van der Waals surface area (Å²) in [5.41, 5.74) is 15.4. The molecule has 2 atom stereocenters. The van der Waals surface area contributed by atoms with Gasteiger partial charge in [-0.3, -0.25) is 0 Å². The Kier molecular flexibility index (Phi) is 7.67. The van der Waals surface area contributed by atoms with E-state index in [-0.39, 0.29) is 33.0 Å². The van der Waals surface area contributed by atoms with Crippen LogP contribution in [0.1, 0.15) is 119 Å². The van der Waals surface area contributed by atoms with Crippen molar-refractivity contribution in [2.24, 2.45) is 11.8 Å². The summed E-state index contributed by atoms with van der Waals surface area (Å²) in [6, 6.07) is 33.8. The number of benzene rings is 4. The molecule has 0 nitrogen and oxygen atoms in total. The third-order valence-electron chi connectivity index (χ3n) is 14.3. The van der Waals surface area contributed by atoms with Crippen LogP contribution in [0.5, 0.6) is 0 Å². The molecule has 8 rings (SSSR count). The van der Waals surface area contributed by atoms with Gasteiger partial charge < -0.3 is 0 Å². The van der Waals surface area contributed by atoms with E-state index in [1.165, 1.54) is 46.2 Å². The van der Waals surface area contributed by atoms with Crippen LogP contribution in [0.15, 0.2) is 108 Å². The SMILES string of the molecule is CC1(C)CCC(C)(C)c2cc3c(cc21)Cc1cc2c(cc1-3)C(C)(C)CC(C(c1ccccc1)(c1ccccc1)C1C=CC([Si](C)(C)C)=C1)C2(C)C. The van der Waals surface area contributed by atoms with E-state index in [4.69, 9.17) is 0 Å². The normalized spacial score (nSPS) is 23.5. The summed E-state index contributed by atoms with van der Waals surface area (Å²) in [7, 11) is -1.51. The minimum Gasteiger partial charge on any atom is -0.0771 e. The highest BCUT2D eigenvalue weighted by atomic mass is 28.3. The molecule has 4 aromatic rings. The molecule has 4 aliphatic rings. The minimum absolute atomic E-state index is 0.00518. The number of rotatable bonds is 5. The van der Waals surface area contributed by atoms with Crippen LogP contribution in [0, 0.1) is 11.8 Å². The Morgan fingerprint density at radius 3 is 1.55 bits per heavy atom. The van der Waals surface area contributed by atoms with Gasteiger partial charge in [-0.2, -0.15) is 0 Å². The Bertz CT molecular complexity index is 2040. The van der Waals surface area contributed by atoms with Gasteiger partial charge in [-0.25, -0.2) is 0 Å². The quantitative estimate of drug-likeness (QED) is 0.161. The molecule has 0 saturated carbocycles. The van der Waals surface area contributed by atoms with E-state index in [1.54, 1.807) is 27.5 Å². The molecule has 0 saturated heterocycles. The zero-order chi connectivity index (χ0) is 36.4. The van der Waals surface area contributed by atoms with Gasteiger partial charge in [0.1, 0.15) is 0 Å². The predicted octanol–water partition coefficient (Wildman–Crippen LogP) is 13.2. The van der Waals surface area contributed by atoms with Crippen LogP contribution >= 0.6 is 0 Å². The Hall–Kier alpha value is -3.42. The smallest absolute Gasteiger partial charge is 0.0771 e. The molecular weight excluding hydrogens is 629 g/mol. The zero-order valence-corrected chi connectivity index (χ0v) is 34.3. The van der Waals surface area contributed by atoms with Gasteiger partial charge in [0.15, 0.2) is 0 Å². The maximum absolute atomic E-state index is 2.69. The molecule has 0 spiro atoms. The third kappa shape index (κ3) is 5.19. The average Bonchev–Trinajstić information content (AvgIpc) is 3.72. The van der Waals surface area contributed by atoms with Crippen LogP contribution in [-0.4, -0.2) is 8.07 Å². The van der Waals surface area contributed by atoms with E-state index in [2.05, 4.69) is 178 Å². The topological polar surface area (TPSA) is 0 Å². The van der Waals surface area contributed by atoms with Crippen LogP contribution in [-0.2, 0) is 33.5 Å². The monoisotopic (exact) mass is 688 g/mol. The maximum atomic E-state index is 2.69. The van der Waals surface area contributed by atoms with E-state index in [1.807, 2.05) is 0 Å². The third-order valence-corrected chi connectivity index (χ3v) is 16.4. The molecule has 51 heavy (non-hydrogen) atoms. The molecule has 1 heteroatoms. The summed E-state index contributed by atoms with van der Waals surface area (Å²) in [5.74, 6) is 0.641. The van der Waals surface area contributed by atoms with Gasteiger partial charge >= 0.3 is 0 Å². The van der Waals surface area contributed by atoms with Crippen molar-refractivity contribution in [3.8, 4) is 11.1 Å². The largest absolute Gasteiger partial charge is 0.0771 e. The van der Waals surface area contributed by atoms with Crippen molar-refractivity contribution >= 4 is 8.07 Å². The Labute approximate surface area is 310 Å². The number of allylic oxidation sites excluding steroid dienone is 4. The van der Waals surface area contributed by atoms with Crippen LogP contribution in [0.25, 0.3) is 11.1 Å². The lowest BCUT2D eigenvalue weighted by atomic mass is 9.45. The predicted molar refractivity (Wildman–Crippen MR) is 222 cm³/mol. The van der Waals surface area contributed by atoms with E-state index >= 15 is 0 Å². The first-order valence-corrected chi connectivity index (χ1v) is 23.3. The Morgan fingerprint density at radius 1 is 0.588 bits per heavy atom. The van der Waals surface area contributed by atoms with E-state index in [9.17, 15) is 0 Å². The fraction of sp³-hybridized carbons (Fsp3) is 0.440. The fourth-order valence-electron chi connectivity index (χ4n) is 11.1.